The number of benzene rings is 2. The molecule has 3 rings (SSSR count). The molecule has 1 atom stereocenters. The summed E-state index contributed by atoms with van der Waals surface area (Å²) in [6.07, 6.45) is 3.13. The van der Waals surface area contributed by atoms with Crippen molar-refractivity contribution in [3.05, 3.63) is 71.3 Å². The van der Waals surface area contributed by atoms with E-state index in [0.29, 0.717) is 10.8 Å². The number of hydrogen-bond donors (Lipinski definition) is 0. The van der Waals surface area contributed by atoms with Gasteiger partial charge in [0.1, 0.15) is 18.4 Å². The highest BCUT2D eigenvalue weighted by Crippen LogP contribution is 2.22. The lowest BCUT2D eigenvalue weighted by Gasteiger charge is -2.25. The maximum atomic E-state index is 12.5. The number of ether oxygens (including phenoxy) is 1. The lowest BCUT2D eigenvalue weighted by Crippen LogP contribution is -2.33. The molecule has 0 fully saturated rings. The topological polar surface area (TPSA) is 60.2 Å². The smallest absolute Gasteiger partial charge is 0.260 e. The van der Waals surface area contributed by atoms with Crippen molar-refractivity contribution in [1.29, 1.82) is 0 Å². The zero-order valence-electron chi connectivity index (χ0n) is 15.5. The van der Waals surface area contributed by atoms with Crippen LogP contribution in [-0.4, -0.2) is 39.2 Å². The van der Waals surface area contributed by atoms with Gasteiger partial charge in [-0.15, -0.1) is 0 Å². The summed E-state index contributed by atoms with van der Waals surface area (Å²) in [5.74, 6) is 0.527. The lowest BCUT2D eigenvalue weighted by atomic mass is 10.1. The molecule has 0 radical (unpaired) electrons. The van der Waals surface area contributed by atoms with Gasteiger partial charge in [-0.3, -0.25) is 4.79 Å². The van der Waals surface area contributed by atoms with Crippen LogP contribution in [0.2, 0.25) is 5.02 Å². The molecule has 0 N–H and O–H groups in total. The molecule has 0 aliphatic rings. The molecule has 0 saturated carbocycles. The Balaban J connectivity index is 1.61. The number of hydrogen-bond acceptors (Lipinski definition) is 4. The highest BCUT2D eigenvalue weighted by atomic mass is 35.5. The summed E-state index contributed by atoms with van der Waals surface area (Å²) in [4.78, 5) is 18.1. The Kier molecular flexibility index (Phi) is 5.76. The van der Waals surface area contributed by atoms with Crippen molar-refractivity contribution in [2.45, 2.75) is 19.9 Å². The van der Waals surface area contributed by atoms with Crippen LogP contribution in [0.1, 0.15) is 24.1 Å². The van der Waals surface area contributed by atoms with E-state index in [9.17, 15) is 4.79 Å². The van der Waals surface area contributed by atoms with Gasteiger partial charge in [-0.2, -0.15) is 5.10 Å². The van der Waals surface area contributed by atoms with Crippen LogP contribution in [0.25, 0.3) is 5.69 Å². The average Bonchev–Trinajstić information content (AvgIpc) is 3.22. The maximum Gasteiger partial charge on any atom is 0.260 e. The minimum absolute atomic E-state index is 0.0288. The van der Waals surface area contributed by atoms with Gasteiger partial charge in [0.05, 0.1) is 11.7 Å². The van der Waals surface area contributed by atoms with E-state index in [1.165, 1.54) is 6.33 Å². The summed E-state index contributed by atoms with van der Waals surface area (Å²) in [5, 5.41) is 4.78. The van der Waals surface area contributed by atoms with Crippen molar-refractivity contribution in [2.24, 2.45) is 0 Å². The predicted octanol–water partition coefficient (Wildman–Crippen LogP) is 3.83. The van der Waals surface area contributed by atoms with Gasteiger partial charge in [0, 0.05) is 12.1 Å². The molecule has 0 aliphatic heterocycles. The Morgan fingerprint density at radius 1 is 1.26 bits per heavy atom. The molecule has 2 aromatic carbocycles. The Bertz CT molecular complexity index is 910. The molecule has 140 valence electrons. The van der Waals surface area contributed by atoms with Crippen LogP contribution in [-0.2, 0) is 4.79 Å². The number of halogens is 1. The van der Waals surface area contributed by atoms with Gasteiger partial charge in [-0.25, -0.2) is 9.67 Å². The monoisotopic (exact) mass is 384 g/mol. The molecule has 6 nitrogen and oxygen atoms in total. The second kappa shape index (κ2) is 8.22. The summed E-state index contributed by atoms with van der Waals surface area (Å²) in [7, 11) is 1.77. The SMILES string of the molecule is Cc1cc(OCC(=O)N(C)C(C)c2ccc(-n3cncn3)cc2)ccc1Cl. The lowest BCUT2D eigenvalue weighted by molar-refractivity contribution is -0.134. The number of carbonyl (C=O) groups is 1. The quantitative estimate of drug-likeness (QED) is 0.648. The van der Waals surface area contributed by atoms with Crippen LogP contribution in [0, 0.1) is 6.92 Å². The van der Waals surface area contributed by atoms with Crippen molar-refractivity contribution in [3.63, 3.8) is 0 Å². The third-order valence-electron chi connectivity index (χ3n) is 4.52. The number of aryl methyl sites for hydroxylation is 1. The molecule has 3 aromatic rings. The van der Waals surface area contributed by atoms with Gasteiger partial charge in [0.2, 0.25) is 0 Å². The van der Waals surface area contributed by atoms with Crippen LogP contribution >= 0.6 is 11.6 Å². The molecule has 1 aromatic heterocycles. The second-order valence-electron chi connectivity index (χ2n) is 6.31. The van der Waals surface area contributed by atoms with Crippen LogP contribution in [0.3, 0.4) is 0 Å². The fourth-order valence-electron chi connectivity index (χ4n) is 2.64. The number of likely N-dealkylation sites (N-methyl/N-ethyl adjacent to an activating group) is 1. The Hall–Kier alpha value is -2.86. The number of carbonyl (C=O) groups excluding carboxylic acids is 1. The second-order valence-corrected chi connectivity index (χ2v) is 6.72. The first-order valence-corrected chi connectivity index (χ1v) is 8.93. The van der Waals surface area contributed by atoms with Crippen LogP contribution in [0.15, 0.2) is 55.1 Å². The van der Waals surface area contributed by atoms with Crippen molar-refractivity contribution in [1.82, 2.24) is 19.7 Å². The van der Waals surface area contributed by atoms with Crippen LogP contribution in [0.5, 0.6) is 5.75 Å². The highest BCUT2D eigenvalue weighted by molar-refractivity contribution is 6.31. The van der Waals surface area contributed by atoms with E-state index in [1.807, 2.05) is 44.2 Å². The van der Waals surface area contributed by atoms with Gasteiger partial charge < -0.3 is 9.64 Å². The Morgan fingerprint density at radius 2 is 2.00 bits per heavy atom. The molecule has 1 heterocycles. The van der Waals surface area contributed by atoms with Gasteiger partial charge >= 0.3 is 0 Å². The van der Waals surface area contributed by atoms with Crippen LogP contribution in [0.4, 0.5) is 0 Å². The first-order chi connectivity index (χ1) is 13.0. The Morgan fingerprint density at radius 3 is 2.63 bits per heavy atom. The highest BCUT2D eigenvalue weighted by Gasteiger charge is 2.18. The summed E-state index contributed by atoms with van der Waals surface area (Å²) < 4.78 is 7.30. The number of amides is 1. The molecule has 0 bridgehead atoms. The molecular weight excluding hydrogens is 364 g/mol. The summed E-state index contributed by atoms with van der Waals surface area (Å²) in [5.41, 5.74) is 2.85. The average molecular weight is 385 g/mol. The minimum Gasteiger partial charge on any atom is -0.484 e. The van der Waals surface area contributed by atoms with E-state index in [4.69, 9.17) is 16.3 Å². The number of rotatable bonds is 6. The molecule has 0 aliphatic carbocycles. The maximum absolute atomic E-state index is 12.5. The molecule has 7 heteroatoms. The largest absolute Gasteiger partial charge is 0.484 e. The molecule has 0 saturated heterocycles. The van der Waals surface area contributed by atoms with Gasteiger partial charge in [0.25, 0.3) is 5.91 Å². The fraction of sp³-hybridized carbons (Fsp3) is 0.250. The molecule has 1 amide bonds. The minimum atomic E-state index is -0.101. The van der Waals surface area contributed by atoms with Crippen molar-refractivity contribution >= 4 is 17.5 Å². The van der Waals surface area contributed by atoms with Gasteiger partial charge in [-0.1, -0.05) is 23.7 Å². The normalized spacial score (nSPS) is 11.9. The van der Waals surface area contributed by atoms with Gasteiger partial charge in [0.15, 0.2) is 6.61 Å². The van der Waals surface area contributed by atoms with E-state index in [0.717, 1.165) is 16.8 Å². The predicted molar refractivity (Wildman–Crippen MR) is 104 cm³/mol. The van der Waals surface area contributed by atoms with Crippen molar-refractivity contribution in [3.8, 4) is 11.4 Å². The summed E-state index contributed by atoms with van der Waals surface area (Å²) in [6, 6.07) is 13.1. The first-order valence-electron chi connectivity index (χ1n) is 8.55. The fourth-order valence-corrected chi connectivity index (χ4v) is 2.76. The van der Waals surface area contributed by atoms with E-state index in [1.54, 1.807) is 35.1 Å². The van der Waals surface area contributed by atoms with Gasteiger partial charge in [-0.05, 0) is 55.3 Å². The Labute approximate surface area is 163 Å². The number of aromatic nitrogens is 3. The van der Waals surface area contributed by atoms with E-state index in [-0.39, 0.29) is 18.6 Å². The van der Waals surface area contributed by atoms with Crippen molar-refractivity contribution < 1.29 is 9.53 Å². The molecule has 1 unspecified atom stereocenters. The number of nitrogens with zero attached hydrogens (tertiary/aromatic N) is 4. The third kappa shape index (κ3) is 4.46. The summed E-state index contributed by atoms with van der Waals surface area (Å²) in [6.45, 7) is 3.85. The van der Waals surface area contributed by atoms with E-state index >= 15 is 0 Å². The first kappa shape index (κ1) is 18.9. The summed E-state index contributed by atoms with van der Waals surface area (Å²) >= 11 is 6.01. The van der Waals surface area contributed by atoms with Crippen LogP contribution < -0.4 is 4.74 Å². The van der Waals surface area contributed by atoms with E-state index in [2.05, 4.69) is 10.1 Å². The molecule has 27 heavy (non-hydrogen) atoms. The zero-order valence-corrected chi connectivity index (χ0v) is 16.2. The third-order valence-corrected chi connectivity index (χ3v) is 4.95. The van der Waals surface area contributed by atoms with E-state index < -0.39 is 0 Å². The standard InChI is InChI=1S/C20H21ClN4O2/c1-14-10-18(8-9-19(14)21)27-11-20(26)24(3)15(2)16-4-6-17(7-5-16)25-13-22-12-23-25/h4-10,12-13,15H,11H2,1-3H3. The molecular formula is C20H21ClN4O2. The molecule has 0 spiro atoms. The van der Waals surface area contributed by atoms with Crippen molar-refractivity contribution in [2.75, 3.05) is 13.7 Å². The zero-order chi connectivity index (χ0) is 19.4.